The SMILES string of the molecule is O=C(O)c1ccc(Nc2cccc(C(F)(F)F)c2)nn1. The van der Waals surface area contributed by atoms with Crippen molar-refractivity contribution >= 4 is 17.5 Å². The molecule has 2 aromatic rings. The molecule has 0 saturated carbocycles. The quantitative estimate of drug-likeness (QED) is 0.905. The van der Waals surface area contributed by atoms with E-state index >= 15 is 0 Å². The monoisotopic (exact) mass is 283 g/mol. The maximum Gasteiger partial charge on any atom is 0.416 e. The summed E-state index contributed by atoms with van der Waals surface area (Å²) in [5.74, 6) is -1.09. The number of benzene rings is 1. The van der Waals surface area contributed by atoms with Crippen LogP contribution in [-0.4, -0.2) is 21.3 Å². The van der Waals surface area contributed by atoms with Crippen LogP contribution in [0, 0.1) is 0 Å². The van der Waals surface area contributed by atoms with Gasteiger partial charge in [0, 0.05) is 5.69 Å². The van der Waals surface area contributed by atoms with Gasteiger partial charge in [0.05, 0.1) is 5.56 Å². The summed E-state index contributed by atoms with van der Waals surface area (Å²) in [5.41, 5.74) is -0.866. The molecule has 0 atom stereocenters. The molecular weight excluding hydrogens is 275 g/mol. The van der Waals surface area contributed by atoms with Crippen molar-refractivity contribution in [2.45, 2.75) is 6.18 Å². The number of carboxylic acid groups (broad SMARTS) is 1. The van der Waals surface area contributed by atoms with Crippen molar-refractivity contribution in [3.05, 3.63) is 47.7 Å². The van der Waals surface area contributed by atoms with Crippen LogP contribution in [0.2, 0.25) is 0 Å². The molecule has 5 nitrogen and oxygen atoms in total. The Hall–Kier alpha value is -2.64. The highest BCUT2D eigenvalue weighted by molar-refractivity contribution is 5.85. The van der Waals surface area contributed by atoms with Gasteiger partial charge in [0.2, 0.25) is 0 Å². The molecule has 1 aromatic heterocycles. The second-order valence-corrected chi connectivity index (χ2v) is 3.81. The summed E-state index contributed by atoms with van der Waals surface area (Å²) in [6.07, 6.45) is -4.43. The third-order valence-corrected chi connectivity index (χ3v) is 2.35. The lowest BCUT2D eigenvalue weighted by Gasteiger charge is -2.09. The minimum atomic E-state index is -4.43. The van der Waals surface area contributed by atoms with Gasteiger partial charge in [-0.3, -0.25) is 0 Å². The first-order valence-corrected chi connectivity index (χ1v) is 5.37. The first-order chi connectivity index (χ1) is 9.36. The molecule has 0 unspecified atom stereocenters. The first-order valence-electron chi connectivity index (χ1n) is 5.37. The molecule has 1 heterocycles. The molecule has 0 aliphatic heterocycles. The molecule has 20 heavy (non-hydrogen) atoms. The van der Waals surface area contributed by atoms with Crippen molar-refractivity contribution in [1.82, 2.24) is 10.2 Å². The van der Waals surface area contributed by atoms with Gasteiger partial charge in [-0.25, -0.2) is 4.79 Å². The number of hydrogen-bond donors (Lipinski definition) is 2. The number of aromatic nitrogens is 2. The van der Waals surface area contributed by atoms with Gasteiger partial charge < -0.3 is 10.4 Å². The Bertz CT molecular complexity index is 627. The molecule has 0 aliphatic rings. The van der Waals surface area contributed by atoms with Crippen molar-refractivity contribution in [2.75, 3.05) is 5.32 Å². The molecule has 2 N–H and O–H groups in total. The van der Waals surface area contributed by atoms with Gasteiger partial charge >= 0.3 is 12.1 Å². The zero-order valence-electron chi connectivity index (χ0n) is 9.85. The second kappa shape index (κ2) is 5.16. The zero-order valence-corrected chi connectivity index (χ0v) is 9.85. The molecule has 0 fully saturated rings. The number of carbonyl (C=O) groups is 1. The van der Waals surface area contributed by atoms with E-state index in [0.717, 1.165) is 12.1 Å². The van der Waals surface area contributed by atoms with Crippen LogP contribution in [0.4, 0.5) is 24.7 Å². The Morgan fingerprint density at radius 1 is 1.15 bits per heavy atom. The van der Waals surface area contributed by atoms with Crippen LogP contribution in [0.5, 0.6) is 0 Å². The molecule has 1 aromatic carbocycles. The predicted octanol–water partition coefficient (Wildman–Crippen LogP) is 2.94. The Morgan fingerprint density at radius 3 is 2.45 bits per heavy atom. The van der Waals surface area contributed by atoms with Crippen LogP contribution in [0.1, 0.15) is 16.1 Å². The summed E-state index contributed by atoms with van der Waals surface area (Å²) < 4.78 is 37.6. The van der Waals surface area contributed by atoms with Crippen LogP contribution >= 0.6 is 0 Å². The van der Waals surface area contributed by atoms with Gasteiger partial charge in [0.15, 0.2) is 11.5 Å². The summed E-state index contributed by atoms with van der Waals surface area (Å²) in [5, 5.41) is 18.2. The Morgan fingerprint density at radius 2 is 1.90 bits per heavy atom. The number of aromatic carboxylic acids is 1. The summed E-state index contributed by atoms with van der Waals surface area (Å²) in [6.45, 7) is 0. The van der Waals surface area contributed by atoms with Crippen LogP contribution < -0.4 is 5.32 Å². The fourth-order valence-corrected chi connectivity index (χ4v) is 1.43. The van der Waals surface area contributed by atoms with E-state index in [0.29, 0.717) is 0 Å². The number of carboxylic acids is 1. The largest absolute Gasteiger partial charge is 0.476 e. The van der Waals surface area contributed by atoms with E-state index in [4.69, 9.17) is 5.11 Å². The molecule has 0 saturated heterocycles. The van der Waals surface area contributed by atoms with Gasteiger partial charge in [-0.1, -0.05) is 6.07 Å². The van der Waals surface area contributed by atoms with E-state index < -0.39 is 17.7 Å². The molecule has 8 heteroatoms. The molecule has 2 rings (SSSR count). The van der Waals surface area contributed by atoms with E-state index in [9.17, 15) is 18.0 Å². The average molecular weight is 283 g/mol. The van der Waals surface area contributed by atoms with Crippen molar-refractivity contribution in [2.24, 2.45) is 0 Å². The summed E-state index contributed by atoms with van der Waals surface area (Å²) >= 11 is 0. The normalized spacial score (nSPS) is 11.2. The number of anilines is 2. The predicted molar refractivity (Wildman–Crippen MR) is 63.7 cm³/mol. The lowest BCUT2D eigenvalue weighted by molar-refractivity contribution is -0.137. The maximum absolute atomic E-state index is 12.5. The molecular formula is C12H8F3N3O2. The third kappa shape index (κ3) is 3.22. The smallest absolute Gasteiger partial charge is 0.416 e. The number of nitrogens with one attached hydrogen (secondary N) is 1. The van der Waals surface area contributed by atoms with Crippen LogP contribution in [0.3, 0.4) is 0 Å². The van der Waals surface area contributed by atoms with Crippen molar-refractivity contribution < 1.29 is 23.1 Å². The minimum absolute atomic E-state index is 0.148. The lowest BCUT2D eigenvalue weighted by Crippen LogP contribution is -2.06. The lowest BCUT2D eigenvalue weighted by atomic mass is 10.2. The van der Waals surface area contributed by atoms with E-state index in [2.05, 4.69) is 15.5 Å². The number of halogens is 3. The number of rotatable bonds is 3. The molecule has 0 amide bonds. The number of hydrogen-bond acceptors (Lipinski definition) is 4. The number of nitrogens with zero attached hydrogens (tertiary/aromatic N) is 2. The molecule has 104 valence electrons. The van der Waals surface area contributed by atoms with Crippen molar-refractivity contribution in [3.8, 4) is 0 Å². The summed E-state index contributed by atoms with van der Waals surface area (Å²) in [4.78, 5) is 10.6. The first kappa shape index (κ1) is 13.8. The van der Waals surface area contributed by atoms with E-state index in [1.54, 1.807) is 0 Å². The average Bonchev–Trinajstić information content (AvgIpc) is 2.38. The minimum Gasteiger partial charge on any atom is -0.476 e. The van der Waals surface area contributed by atoms with E-state index in [1.165, 1.54) is 24.3 Å². The Labute approximate surface area is 111 Å². The third-order valence-electron chi connectivity index (χ3n) is 2.35. The zero-order chi connectivity index (χ0) is 14.8. The highest BCUT2D eigenvalue weighted by Crippen LogP contribution is 2.31. The van der Waals surface area contributed by atoms with Crippen LogP contribution in [0.25, 0.3) is 0 Å². The highest BCUT2D eigenvalue weighted by atomic mass is 19.4. The molecule has 0 aliphatic carbocycles. The Kier molecular flexibility index (Phi) is 3.55. The standard InChI is InChI=1S/C12H8F3N3O2/c13-12(14,15)7-2-1-3-8(6-7)16-10-5-4-9(11(19)20)17-18-10/h1-6H,(H,16,18)(H,19,20). The van der Waals surface area contributed by atoms with Gasteiger partial charge in [0.25, 0.3) is 0 Å². The molecule has 0 bridgehead atoms. The van der Waals surface area contributed by atoms with E-state index in [1.807, 2.05) is 0 Å². The summed E-state index contributed by atoms with van der Waals surface area (Å²) in [6, 6.07) is 7.07. The molecule has 0 spiro atoms. The maximum atomic E-state index is 12.5. The van der Waals surface area contributed by atoms with Gasteiger partial charge in [0.1, 0.15) is 0 Å². The van der Waals surface area contributed by atoms with Gasteiger partial charge in [-0.2, -0.15) is 13.2 Å². The second-order valence-electron chi connectivity index (χ2n) is 3.81. The summed E-state index contributed by atoms with van der Waals surface area (Å²) in [7, 11) is 0. The topological polar surface area (TPSA) is 75.1 Å². The van der Waals surface area contributed by atoms with Crippen molar-refractivity contribution in [1.29, 1.82) is 0 Å². The van der Waals surface area contributed by atoms with E-state index in [-0.39, 0.29) is 17.2 Å². The highest BCUT2D eigenvalue weighted by Gasteiger charge is 2.30. The van der Waals surface area contributed by atoms with Crippen LogP contribution in [-0.2, 0) is 6.18 Å². The van der Waals surface area contributed by atoms with Gasteiger partial charge in [-0.15, -0.1) is 10.2 Å². The molecule has 0 radical (unpaired) electrons. The fourth-order valence-electron chi connectivity index (χ4n) is 1.43. The van der Waals surface area contributed by atoms with Gasteiger partial charge in [-0.05, 0) is 30.3 Å². The number of alkyl halides is 3. The van der Waals surface area contributed by atoms with Crippen LogP contribution in [0.15, 0.2) is 36.4 Å². The fraction of sp³-hybridized carbons (Fsp3) is 0.0833. The van der Waals surface area contributed by atoms with Crippen molar-refractivity contribution in [3.63, 3.8) is 0 Å². The Balaban J connectivity index is 2.20.